The van der Waals surface area contributed by atoms with Gasteiger partial charge in [0.1, 0.15) is 24.4 Å². The minimum atomic E-state index is -1.39. The Morgan fingerprint density at radius 3 is 2.39 bits per heavy atom. The monoisotopic (exact) mass is 574 g/mol. The Hall–Kier alpha value is -0.760. The Morgan fingerprint density at radius 2 is 1.71 bits per heavy atom. The van der Waals surface area contributed by atoms with Crippen LogP contribution in [0.4, 0.5) is 0 Å². The molecule has 234 valence electrons. The minimum absolute atomic E-state index is 0.0631. The molecule has 1 saturated heterocycles. The van der Waals surface area contributed by atoms with Gasteiger partial charge in [-0.25, -0.2) is 0 Å². The van der Waals surface area contributed by atoms with Crippen LogP contribution in [0.2, 0.25) is 0 Å². The van der Waals surface area contributed by atoms with Gasteiger partial charge in [-0.3, -0.25) is 0 Å². The SMILES string of the molecule is CC[C@H](/C=C/[C@H](C)[C@H]1CC[C@@H]2C3=C(CC[C@@]21C)[C@@]1(C)CC[C@@H](O[C@@H]2O[C@H](CO)[C@@H](O)[C@H](O)[C@H]2O)C[C@@H]1CC3)C(C)C. The van der Waals surface area contributed by atoms with Crippen molar-refractivity contribution in [1.29, 1.82) is 0 Å². The van der Waals surface area contributed by atoms with Crippen LogP contribution in [0, 0.1) is 46.3 Å². The van der Waals surface area contributed by atoms with Crippen LogP contribution in [0.5, 0.6) is 0 Å². The molecule has 0 radical (unpaired) electrons. The smallest absolute Gasteiger partial charge is 0.186 e. The summed E-state index contributed by atoms with van der Waals surface area (Å²) in [5.41, 5.74) is 4.17. The summed E-state index contributed by atoms with van der Waals surface area (Å²) in [6.45, 7) is 14.2. The fourth-order valence-corrected chi connectivity index (χ4v) is 10.1. The van der Waals surface area contributed by atoms with Crippen LogP contribution in [0.1, 0.15) is 106 Å². The van der Waals surface area contributed by atoms with Crippen molar-refractivity contribution < 1.29 is 29.9 Å². The minimum Gasteiger partial charge on any atom is -0.394 e. The van der Waals surface area contributed by atoms with Crippen LogP contribution in [-0.4, -0.2) is 63.8 Å². The number of hydrogen-bond donors (Lipinski definition) is 4. The highest BCUT2D eigenvalue weighted by Crippen LogP contribution is 2.66. The molecule has 4 N–H and O–H groups in total. The van der Waals surface area contributed by atoms with E-state index < -0.39 is 37.3 Å². The van der Waals surface area contributed by atoms with E-state index in [4.69, 9.17) is 9.47 Å². The Morgan fingerprint density at radius 1 is 0.951 bits per heavy atom. The van der Waals surface area contributed by atoms with Crippen molar-refractivity contribution in [2.75, 3.05) is 6.61 Å². The maximum atomic E-state index is 10.5. The molecule has 3 fully saturated rings. The Kier molecular flexibility index (Phi) is 9.51. The highest BCUT2D eigenvalue weighted by atomic mass is 16.7. The van der Waals surface area contributed by atoms with Gasteiger partial charge in [0.2, 0.25) is 0 Å². The Balaban J connectivity index is 1.27. The molecule has 0 bridgehead atoms. The molecule has 6 heteroatoms. The van der Waals surface area contributed by atoms with E-state index in [1.165, 1.54) is 44.9 Å². The molecule has 4 aliphatic carbocycles. The molecule has 0 spiro atoms. The maximum Gasteiger partial charge on any atom is 0.186 e. The first-order valence-corrected chi connectivity index (χ1v) is 16.8. The summed E-state index contributed by atoms with van der Waals surface area (Å²) in [4.78, 5) is 0. The first-order chi connectivity index (χ1) is 19.4. The lowest BCUT2D eigenvalue weighted by Crippen LogP contribution is -2.60. The molecule has 0 aromatic heterocycles. The van der Waals surface area contributed by atoms with Crippen LogP contribution in [0.25, 0.3) is 0 Å². The lowest BCUT2D eigenvalue weighted by Gasteiger charge is -2.55. The zero-order valence-corrected chi connectivity index (χ0v) is 26.5. The van der Waals surface area contributed by atoms with E-state index in [1.807, 2.05) is 0 Å². The average Bonchev–Trinajstić information content (AvgIpc) is 3.30. The summed E-state index contributed by atoms with van der Waals surface area (Å²) in [6.07, 6.45) is 10.7. The molecule has 0 amide bonds. The molecule has 2 saturated carbocycles. The van der Waals surface area contributed by atoms with E-state index >= 15 is 0 Å². The van der Waals surface area contributed by atoms with Gasteiger partial charge in [0.15, 0.2) is 6.29 Å². The first kappa shape index (κ1) is 31.7. The number of hydrogen-bond acceptors (Lipinski definition) is 6. The largest absolute Gasteiger partial charge is 0.394 e. The third kappa shape index (κ3) is 5.64. The first-order valence-electron chi connectivity index (χ1n) is 16.8. The van der Waals surface area contributed by atoms with E-state index in [0.29, 0.717) is 29.1 Å². The molecule has 1 aliphatic heterocycles. The van der Waals surface area contributed by atoms with Gasteiger partial charge in [-0.2, -0.15) is 0 Å². The van der Waals surface area contributed by atoms with Gasteiger partial charge in [-0.1, -0.05) is 64.8 Å². The van der Waals surface area contributed by atoms with E-state index in [1.54, 1.807) is 11.1 Å². The van der Waals surface area contributed by atoms with Gasteiger partial charge in [0.25, 0.3) is 0 Å². The molecule has 0 aromatic carbocycles. The van der Waals surface area contributed by atoms with E-state index in [0.717, 1.165) is 31.1 Å². The zero-order chi connectivity index (χ0) is 29.7. The topological polar surface area (TPSA) is 99.4 Å². The molecule has 0 unspecified atom stereocenters. The number of allylic oxidation sites excluding steroid dienone is 4. The third-order valence-electron chi connectivity index (χ3n) is 12.8. The lowest BCUT2D eigenvalue weighted by atomic mass is 9.50. The lowest BCUT2D eigenvalue weighted by molar-refractivity contribution is -0.315. The molecule has 1 heterocycles. The number of aliphatic hydroxyl groups is 4. The van der Waals surface area contributed by atoms with Gasteiger partial charge in [0.05, 0.1) is 12.7 Å². The van der Waals surface area contributed by atoms with Gasteiger partial charge < -0.3 is 29.9 Å². The summed E-state index contributed by atoms with van der Waals surface area (Å²) in [5, 5.41) is 40.4. The molecule has 5 rings (SSSR count). The average molecular weight is 575 g/mol. The molecule has 0 aromatic rings. The van der Waals surface area contributed by atoms with Crippen molar-refractivity contribution >= 4 is 0 Å². The summed E-state index contributed by atoms with van der Waals surface area (Å²) in [7, 11) is 0. The van der Waals surface area contributed by atoms with Crippen LogP contribution >= 0.6 is 0 Å². The fraction of sp³-hybridized carbons (Fsp3) is 0.886. The van der Waals surface area contributed by atoms with Crippen LogP contribution < -0.4 is 0 Å². The molecular weight excluding hydrogens is 516 g/mol. The molecule has 41 heavy (non-hydrogen) atoms. The van der Waals surface area contributed by atoms with E-state index in [2.05, 4.69) is 53.7 Å². The fourth-order valence-electron chi connectivity index (χ4n) is 10.1. The van der Waals surface area contributed by atoms with Crippen molar-refractivity contribution in [3.05, 3.63) is 23.3 Å². The van der Waals surface area contributed by atoms with Crippen LogP contribution in [0.3, 0.4) is 0 Å². The summed E-state index contributed by atoms with van der Waals surface area (Å²) in [6, 6.07) is 0. The van der Waals surface area contributed by atoms with Gasteiger partial charge >= 0.3 is 0 Å². The molecule has 6 nitrogen and oxygen atoms in total. The second-order valence-corrected chi connectivity index (χ2v) is 15.2. The van der Waals surface area contributed by atoms with Crippen LogP contribution in [-0.2, 0) is 9.47 Å². The highest BCUT2D eigenvalue weighted by molar-refractivity contribution is 5.34. The normalized spacial score (nSPS) is 46.4. The summed E-state index contributed by atoms with van der Waals surface area (Å²) < 4.78 is 11.9. The zero-order valence-electron chi connectivity index (χ0n) is 26.5. The Labute approximate surface area is 248 Å². The standard InChI is InChI=1S/C35H58O6/c1-7-22(20(2)3)9-8-21(4)26-12-13-27-25-11-10-23-18-24(14-16-34(23,5)28(25)15-17-35(26,27)6)40-33-32(39)31(38)30(37)29(19-36)41-33/h8-9,20-24,26-27,29-33,36-39H,7,10-19H2,1-6H3/b9-8+/t21-,22+,23-,24+,26+,27+,29+,30+,31-,32+,33+,34-,35+/m0/s1. The summed E-state index contributed by atoms with van der Waals surface area (Å²) in [5.74, 6) is 4.03. The Bertz CT molecular complexity index is 974. The van der Waals surface area contributed by atoms with Crippen molar-refractivity contribution in [2.24, 2.45) is 46.3 Å². The molecule has 13 atom stereocenters. The molecular formula is C35H58O6. The number of aliphatic hydroxyl groups excluding tert-OH is 4. The molecule has 5 aliphatic rings. The number of ether oxygens (including phenoxy) is 2. The van der Waals surface area contributed by atoms with E-state index in [9.17, 15) is 20.4 Å². The van der Waals surface area contributed by atoms with Gasteiger partial charge in [0, 0.05) is 0 Å². The van der Waals surface area contributed by atoms with Crippen molar-refractivity contribution in [2.45, 2.75) is 143 Å². The van der Waals surface area contributed by atoms with Crippen molar-refractivity contribution in [3.8, 4) is 0 Å². The predicted molar refractivity (Wildman–Crippen MR) is 161 cm³/mol. The maximum absolute atomic E-state index is 10.5. The predicted octanol–water partition coefficient (Wildman–Crippen LogP) is 5.77. The van der Waals surface area contributed by atoms with Crippen LogP contribution in [0.15, 0.2) is 23.3 Å². The second-order valence-electron chi connectivity index (χ2n) is 15.2. The second kappa shape index (κ2) is 12.3. The van der Waals surface area contributed by atoms with Crippen molar-refractivity contribution in [3.63, 3.8) is 0 Å². The number of fused-ring (bicyclic) bond motifs is 4. The van der Waals surface area contributed by atoms with Gasteiger partial charge in [-0.15, -0.1) is 0 Å². The van der Waals surface area contributed by atoms with E-state index in [-0.39, 0.29) is 11.5 Å². The highest BCUT2D eigenvalue weighted by Gasteiger charge is 2.56. The quantitative estimate of drug-likeness (QED) is 0.275. The van der Waals surface area contributed by atoms with Gasteiger partial charge in [-0.05, 0) is 111 Å². The van der Waals surface area contributed by atoms with Crippen molar-refractivity contribution in [1.82, 2.24) is 0 Å². The number of rotatable bonds is 8. The summed E-state index contributed by atoms with van der Waals surface area (Å²) >= 11 is 0. The third-order valence-corrected chi connectivity index (χ3v) is 12.8.